The van der Waals surface area contributed by atoms with Gasteiger partial charge in [0.05, 0.1) is 11.4 Å². The van der Waals surface area contributed by atoms with Crippen molar-refractivity contribution >= 4 is 17.7 Å². The summed E-state index contributed by atoms with van der Waals surface area (Å²) in [4.78, 5) is 12.4. The maximum atomic E-state index is 11.3. The zero-order valence-corrected chi connectivity index (χ0v) is 12.7. The van der Waals surface area contributed by atoms with Gasteiger partial charge in [-0.2, -0.15) is 0 Å². The van der Waals surface area contributed by atoms with Gasteiger partial charge in [-0.15, -0.1) is 16.9 Å². The summed E-state index contributed by atoms with van der Waals surface area (Å²) in [6.07, 6.45) is 1.99. The quantitative estimate of drug-likeness (QED) is 0.880. The Bertz CT molecular complexity index is 644. The fourth-order valence-corrected chi connectivity index (χ4v) is 2.48. The molecule has 0 saturated heterocycles. The topological polar surface area (TPSA) is 68.0 Å². The summed E-state index contributed by atoms with van der Waals surface area (Å²) in [7, 11) is 0. The van der Waals surface area contributed by atoms with E-state index in [0.29, 0.717) is 5.69 Å². The van der Waals surface area contributed by atoms with Gasteiger partial charge in [-0.25, -0.2) is 9.48 Å². The summed E-state index contributed by atoms with van der Waals surface area (Å²) >= 11 is 1.63. The molecule has 20 heavy (non-hydrogen) atoms. The Morgan fingerprint density at radius 2 is 2.05 bits per heavy atom. The summed E-state index contributed by atoms with van der Waals surface area (Å²) in [6, 6.07) is 7.80. The standard InChI is InChI=1S/C14H17N3O2S/c1-14(2,3)12-11(13(18)19)15-16-17(12)9-6-5-7-10(8-9)20-4/h5-8H,1-4H3,(H,18,19). The van der Waals surface area contributed by atoms with Crippen LogP contribution in [0.25, 0.3) is 5.69 Å². The summed E-state index contributed by atoms with van der Waals surface area (Å²) in [5.74, 6) is -1.05. The van der Waals surface area contributed by atoms with E-state index < -0.39 is 5.97 Å². The third-order valence-corrected chi connectivity index (χ3v) is 3.61. The summed E-state index contributed by atoms with van der Waals surface area (Å²) in [5.41, 5.74) is 1.06. The first-order valence-corrected chi connectivity index (χ1v) is 7.41. The normalized spacial score (nSPS) is 11.6. The van der Waals surface area contributed by atoms with Crippen LogP contribution in [0.15, 0.2) is 29.2 Å². The van der Waals surface area contributed by atoms with Crippen LogP contribution in [-0.4, -0.2) is 32.3 Å². The van der Waals surface area contributed by atoms with Crippen LogP contribution in [-0.2, 0) is 5.41 Å². The Kier molecular flexibility index (Phi) is 3.85. The number of aromatic nitrogens is 3. The molecule has 0 amide bonds. The second-order valence-electron chi connectivity index (χ2n) is 5.46. The molecule has 0 radical (unpaired) electrons. The van der Waals surface area contributed by atoms with E-state index in [4.69, 9.17) is 0 Å². The molecule has 5 nitrogen and oxygen atoms in total. The van der Waals surface area contributed by atoms with E-state index in [1.165, 1.54) is 0 Å². The van der Waals surface area contributed by atoms with Crippen LogP contribution in [0.5, 0.6) is 0 Å². The third kappa shape index (κ3) is 2.70. The molecule has 1 N–H and O–H groups in total. The highest BCUT2D eigenvalue weighted by atomic mass is 32.2. The van der Waals surface area contributed by atoms with Crippen molar-refractivity contribution in [2.75, 3.05) is 6.26 Å². The lowest BCUT2D eigenvalue weighted by Crippen LogP contribution is -2.21. The van der Waals surface area contributed by atoms with Gasteiger partial charge < -0.3 is 5.11 Å². The van der Waals surface area contributed by atoms with E-state index in [-0.39, 0.29) is 11.1 Å². The molecular formula is C14H17N3O2S. The zero-order valence-electron chi connectivity index (χ0n) is 11.9. The van der Waals surface area contributed by atoms with Crippen LogP contribution in [0.1, 0.15) is 37.0 Å². The molecule has 1 aromatic heterocycles. The fourth-order valence-electron chi connectivity index (χ4n) is 2.02. The second kappa shape index (κ2) is 5.28. The van der Waals surface area contributed by atoms with Gasteiger partial charge in [0.2, 0.25) is 0 Å². The molecule has 2 aromatic rings. The molecule has 1 heterocycles. The molecule has 0 spiro atoms. The molecule has 0 saturated carbocycles. The number of carbonyl (C=O) groups is 1. The van der Waals surface area contributed by atoms with Gasteiger partial charge in [-0.05, 0) is 24.5 Å². The summed E-state index contributed by atoms with van der Waals surface area (Å²) in [5, 5.41) is 17.1. The zero-order chi connectivity index (χ0) is 14.9. The van der Waals surface area contributed by atoms with Crippen LogP contribution >= 0.6 is 11.8 Å². The molecule has 0 aliphatic carbocycles. The Labute approximate surface area is 122 Å². The van der Waals surface area contributed by atoms with E-state index in [0.717, 1.165) is 10.6 Å². The Balaban J connectivity index is 2.65. The van der Waals surface area contributed by atoms with Crippen LogP contribution in [0.3, 0.4) is 0 Å². The first-order chi connectivity index (χ1) is 9.34. The van der Waals surface area contributed by atoms with Crippen molar-refractivity contribution in [1.82, 2.24) is 15.0 Å². The van der Waals surface area contributed by atoms with E-state index in [1.54, 1.807) is 16.4 Å². The van der Waals surface area contributed by atoms with E-state index >= 15 is 0 Å². The van der Waals surface area contributed by atoms with E-state index in [9.17, 15) is 9.90 Å². The molecule has 0 aliphatic rings. The number of rotatable bonds is 3. The number of aromatic carboxylic acids is 1. The maximum absolute atomic E-state index is 11.3. The monoisotopic (exact) mass is 291 g/mol. The molecule has 6 heteroatoms. The molecular weight excluding hydrogens is 274 g/mol. The number of hydrogen-bond acceptors (Lipinski definition) is 4. The molecule has 2 rings (SSSR count). The number of thioether (sulfide) groups is 1. The van der Waals surface area contributed by atoms with Crippen LogP contribution < -0.4 is 0 Å². The summed E-state index contributed by atoms with van der Waals surface area (Å²) < 4.78 is 1.61. The Morgan fingerprint density at radius 1 is 1.35 bits per heavy atom. The predicted molar refractivity (Wildman–Crippen MR) is 78.8 cm³/mol. The smallest absolute Gasteiger partial charge is 0.358 e. The maximum Gasteiger partial charge on any atom is 0.358 e. The highest BCUT2D eigenvalue weighted by Gasteiger charge is 2.29. The van der Waals surface area contributed by atoms with Crippen molar-refractivity contribution < 1.29 is 9.90 Å². The van der Waals surface area contributed by atoms with Gasteiger partial charge in [0.25, 0.3) is 0 Å². The van der Waals surface area contributed by atoms with Crippen LogP contribution in [0, 0.1) is 0 Å². The number of hydrogen-bond donors (Lipinski definition) is 1. The first kappa shape index (κ1) is 14.6. The van der Waals surface area contributed by atoms with Crippen molar-refractivity contribution in [3.8, 4) is 5.69 Å². The first-order valence-electron chi connectivity index (χ1n) is 6.18. The minimum Gasteiger partial charge on any atom is -0.476 e. The number of nitrogens with zero attached hydrogens (tertiary/aromatic N) is 3. The van der Waals surface area contributed by atoms with Gasteiger partial charge in [0, 0.05) is 10.3 Å². The summed E-state index contributed by atoms with van der Waals surface area (Å²) in [6.45, 7) is 5.85. The lowest BCUT2D eigenvalue weighted by atomic mass is 9.90. The van der Waals surface area contributed by atoms with Crippen molar-refractivity contribution in [1.29, 1.82) is 0 Å². The molecule has 0 atom stereocenters. The largest absolute Gasteiger partial charge is 0.476 e. The van der Waals surface area contributed by atoms with Gasteiger partial charge in [0.15, 0.2) is 5.69 Å². The van der Waals surface area contributed by atoms with Crippen molar-refractivity contribution in [2.24, 2.45) is 0 Å². The van der Waals surface area contributed by atoms with Crippen molar-refractivity contribution in [3.05, 3.63) is 35.7 Å². The highest BCUT2D eigenvalue weighted by molar-refractivity contribution is 7.98. The van der Waals surface area contributed by atoms with Crippen molar-refractivity contribution in [2.45, 2.75) is 31.1 Å². The fraction of sp³-hybridized carbons (Fsp3) is 0.357. The van der Waals surface area contributed by atoms with Gasteiger partial charge in [0.1, 0.15) is 0 Å². The Hall–Kier alpha value is -1.82. The predicted octanol–water partition coefficient (Wildman–Crippen LogP) is 2.98. The molecule has 0 aliphatic heterocycles. The number of carboxylic acid groups (broad SMARTS) is 1. The minimum atomic E-state index is -1.05. The van der Waals surface area contributed by atoms with Crippen LogP contribution in [0.4, 0.5) is 0 Å². The van der Waals surface area contributed by atoms with Crippen molar-refractivity contribution in [3.63, 3.8) is 0 Å². The lowest BCUT2D eigenvalue weighted by molar-refractivity contribution is 0.0687. The van der Waals surface area contributed by atoms with Gasteiger partial charge >= 0.3 is 5.97 Å². The molecule has 0 bridgehead atoms. The second-order valence-corrected chi connectivity index (χ2v) is 6.33. The SMILES string of the molecule is CSc1cccc(-n2nnc(C(=O)O)c2C(C)(C)C)c1. The van der Waals surface area contributed by atoms with Crippen LogP contribution in [0.2, 0.25) is 0 Å². The Morgan fingerprint density at radius 3 is 2.60 bits per heavy atom. The lowest BCUT2D eigenvalue weighted by Gasteiger charge is -2.20. The molecule has 1 aromatic carbocycles. The average Bonchev–Trinajstić information content (AvgIpc) is 2.83. The van der Waals surface area contributed by atoms with Gasteiger partial charge in [-0.1, -0.05) is 32.1 Å². The van der Waals surface area contributed by atoms with Gasteiger partial charge in [-0.3, -0.25) is 0 Å². The average molecular weight is 291 g/mol. The molecule has 106 valence electrons. The number of benzene rings is 1. The molecule has 0 fully saturated rings. The van der Waals surface area contributed by atoms with E-state index in [1.807, 2.05) is 51.3 Å². The van der Waals surface area contributed by atoms with E-state index in [2.05, 4.69) is 10.3 Å². The third-order valence-electron chi connectivity index (χ3n) is 2.88. The molecule has 0 unspecified atom stereocenters. The number of carboxylic acids is 1. The highest BCUT2D eigenvalue weighted by Crippen LogP contribution is 2.28. The minimum absolute atomic E-state index is 0.00653.